The van der Waals surface area contributed by atoms with Crippen molar-refractivity contribution in [3.05, 3.63) is 29.8 Å². The first kappa shape index (κ1) is 23.4. The smallest absolute Gasteiger partial charge is 0.328 e. The van der Waals surface area contributed by atoms with E-state index in [1.54, 1.807) is 0 Å². The number of carboxylic acids is 2. The lowest BCUT2D eigenvalue weighted by atomic mass is 10.1. The fourth-order valence-electron chi connectivity index (χ4n) is 2.45. The molecule has 2 heterocycles. The molecule has 156 valence electrons. The van der Waals surface area contributed by atoms with Crippen molar-refractivity contribution < 1.29 is 29.0 Å². The largest absolute Gasteiger partial charge is 0.478 e. The molecule has 0 unspecified atom stereocenters. The molecular formula is C20H30N2O6. The number of likely N-dealkylation sites (N-methyl/N-ethyl adjacent to an activating group) is 1. The molecule has 0 aliphatic carbocycles. The molecule has 1 aliphatic heterocycles. The van der Waals surface area contributed by atoms with Gasteiger partial charge in [0.2, 0.25) is 5.89 Å². The monoisotopic (exact) mass is 394 g/mol. The summed E-state index contributed by atoms with van der Waals surface area (Å²) < 4.78 is 11.6. The number of carbonyl (C=O) groups is 2. The lowest BCUT2D eigenvalue weighted by Gasteiger charge is -2.20. The molecule has 0 saturated carbocycles. The van der Waals surface area contributed by atoms with Gasteiger partial charge < -0.3 is 24.3 Å². The summed E-state index contributed by atoms with van der Waals surface area (Å²) in [5.74, 6) is -0.802. The number of oxazole rings is 1. The van der Waals surface area contributed by atoms with Gasteiger partial charge in [0, 0.05) is 36.7 Å². The normalized spacial score (nSPS) is 15.5. The van der Waals surface area contributed by atoms with Gasteiger partial charge in [-0.1, -0.05) is 26.8 Å². The SMILES string of the molecule is CCCOc1oc(C2=CCCN(C)C2)nc1[C@@H](C)CC.O=C(O)/C=C\C(=O)O. The van der Waals surface area contributed by atoms with Crippen LogP contribution < -0.4 is 4.74 Å². The molecule has 2 rings (SSSR count). The summed E-state index contributed by atoms with van der Waals surface area (Å²) in [6.45, 7) is 9.10. The number of rotatable bonds is 8. The van der Waals surface area contributed by atoms with E-state index in [9.17, 15) is 9.59 Å². The molecule has 0 spiro atoms. The molecule has 0 saturated heterocycles. The van der Waals surface area contributed by atoms with Crippen LogP contribution in [0, 0.1) is 0 Å². The molecule has 1 atom stereocenters. The molecule has 1 aromatic heterocycles. The zero-order valence-electron chi connectivity index (χ0n) is 17.0. The van der Waals surface area contributed by atoms with Gasteiger partial charge in [0.25, 0.3) is 0 Å². The predicted molar refractivity (Wildman–Crippen MR) is 105 cm³/mol. The third-order valence-electron chi connectivity index (χ3n) is 4.12. The van der Waals surface area contributed by atoms with Crippen molar-refractivity contribution in [2.75, 3.05) is 26.7 Å². The van der Waals surface area contributed by atoms with Crippen molar-refractivity contribution >= 4 is 17.5 Å². The molecule has 1 aliphatic rings. The number of carboxylic acid groups (broad SMARTS) is 2. The van der Waals surface area contributed by atoms with Gasteiger partial charge in [-0.05, 0) is 26.3 Å². The Kier molecular flexibility index (Phi) is 10.0. The third-order valence-corrected chi connectivity index (χ3v) is 4.12. The maximum absolute atomic E-state index is 9.55. The van der Waals surface area contributed by atoms with Crippen LogP contribution in [-0.2, 0) is 9.59 Å². The van der Waals surface area contributed by atoms with Gasteiger partial charge in [-0.25, -0.2) is 14.6 Å². The van der Waals surface area contributed by atoms with E-state index in [-0.39, 0.29) is 0 Å². The fourth-order valence-corrected chi connectivity index (χ4v) is 2.45. The van der Waals surface area contributed by atoms with Crippen molar-refractivity contribution in [3.8, 4) is 5.95 Å². The Labute approximate surface area is 165 Å². The number of nitrogens with zero attached hydrogens (tertiary/aromatic N) is 2. The Bertz CT molecular complexity index is 692. The average Bonchev–Trinajstić information content (AvgIpc) is 3.09. The quantitative estimate of drug-likeness (QED) is 0.645. The third kappa shape index (κ3) is 7.96. The second kappa shape index (κ2) is 12.0. The Balaban J connectivity index is 0.000000416. The Morgan fingerprint density at radius 3 is 2.46 bits per heavy atom. The minimum absolute atomic E-state index is 0.362. The molecule has 1 aromatic rings. The lowest BCUT2D eigenvalue weighted by Crippen LogP contribution is -2.25. The highest BCUT2D eigenvalue weighted by Gasteiger charge is 2.22. The van der Waals surface area contributed by atoms with Gasteiger partial charge in [0.1, 0.15) is 5.69 Å². The first-order valence-electron chi connectivity index (χ1n) is 9.43. The van der Waals surface area contributed by atoms with E-state index in [1.807, 2.05) is 0 Å². The summed E-state index contributed by atoms with van der Waals surface area (Å²) in [4.78, 5) is 26.1. The fraction of sp³-hybridized carbons (Fsp3) is 0.550. The molecule has 0 fully saturated rings. The summed E-state index contributed by atoms with van der Waals surface area (Å²) in [6, 6.07) is 0. The van der Waals surface area contributed by atoms with Gasteiger partial charge in [0.15, 0.2) is 0 Å². The first-order valence-corrected chi connectivity index (χ1v) is 9.43. The molecule has 8 heteroatoms. The highest BCUT2D eigenvalue weighted by atomic mass is 16.6. The zero-order valence-corrected chi connectivity index (χ0v) is 17.0. The van der Waals surface area contributed by atoms with E-state index in [0.29, 0.717) is 30.6 Å². The summed E-state index contributed by atoms with van der Waals surface area (Å²) in [5.41, 5.74) is 2.14. The standard InChI is InChI=1S/C16H26N2O2.C4H4O4/c1-5-10-19-16-14(12(3)6-2)17-15(20-16)13-8-7-9-18(4)11-13;5-3(6)1-2-4(7)8/h8,12H,5-7,9-11H2,1-4H3;1-2H,(H,5,6)(H,7,8)/b;2-1-/t12-;/m0./s1. The van der Waals surface area contributed by atoms with Crippen molar-refractivity contribution in [1.29, 1.82) is 0 Å². The summed E-state index contributed by atoms with van der Waals surface area (Å²) in [6.07, 6.45) is 6.41. The number of hydrogen-bond acceptors (Lipinski definition) is 6. The van der Waals surface area contributed by atoms with Crippen LogP contribution in [-0.4, -0.2) is 58.8 Å². The maximum Gasteiger partial charge on any atom is 0.328 e. The van der Waals surface area contributed by atoms with Gasteiger partial charge >= 0.3 is 17.9 Å². The Hall–Kier alpha value is -2.61. The van der Waals surface area contributed by atoms with Gasteiger partial charge in [-0.2, -0.15) is 0 Å². The van der Waals surface area contributed by atoms with Crippen molar-refractivity contribution in [2.24, 2.45) is 0 Å². The van der Waals surface area contributed by atoms with Crippen molar-refractivity contribution in [2.45, 2.75) is 46.0 Å². The summed E-state index contributed by atoms with van der Waals surface area (Å²) >= 11 is 0. The summed E-state index contributed by atoms with van der Waals surface area (Å²) in [5, 5.41) is 15.6. The number of aliphatic carboxylic acids is 2. The van der Waals surface area contributed by atoms with Crippen LogP contribution in [0.4, 0.5) is 0 Å². The molecule has 0 amide bonds. The van der Waals surface area contributed by atoms with Crippen LogP contribution in [0.15, 0.2) is 22.6 Å². The minimum atomic E-state index is -1.26. The molecule has 0 radical (unpaired) electrons. The second-order valence-electron chi connectivity index (χ2n) is 6.62. The van der Waals surface area contributed by atoms with Crippen LogP contribution in [0.1, 0.15) is 57.5 Å². The molecule has 0 bridgehead atoms. The number of aromatic nitrogens is 1. The Morgan fingerprint density at radius 1 is 1.32 bits per heavy atom. The van der Waals surface area contributed by atoms with E-state index < -0.39 is 11.9 Å². The zero-order chi connectivity index (χ0) is 21.1. The molecule has 0 aromatic carbocycles. The summed E-state index contributed by atoms with van der Waals surface area (Å²) in [7, 11) is 2.13. The number of hydrogen-bond donors (Lipinski definition) is 2. The van der Waals surface area contributed by atoms with Crippen LogP contribution >= 0.6 is 0 Å². The van der Waals surface area contributed by atoms with E-state index in [2.05, 4.69) is 38.8 Å². The van der Waals surface area contributed by atoms with Crippen LogP contribution in [0.3, 0.4) is 0 Å². The highest BCUT2D eigenvalue weighted by molar-refractivity contribution is 5.89. The topological polar surface area (TPSA) is 113 Å². The molecule has 2 N–H and O–H groups in total. The minimum Gasteiger partial charge on any atom is -0.478 e. The predicted octanol–water partition coefficient (Wildman–Crippen LogP) is 3.41. The lowest BCUT2D eigenvalue weighted by molar-refractivity contribution is -0.134. The van der Waals surface area contributed by atoms with Crippen LogP contribution in [0.2, 0.25) is 0 Å². The Morgan fingerprint density at radius 2 is 1.96 bits per heavy atom. The molecular weight excluding hydrogens is 364 g/mol. The van der Waals surface area contributed by atoms with Gasteiger partial charge in [-0.3, -0.25) is 0 Å². The van der Waals surface area contributed by atoms with Crippen molar-refractivity contribution in [3.63, 3.8) is 0 Å². The molecule has 8 nitrogen and oxygen atoms in total. The van der Waals surface area contributed by atoms with Crippen molar-refractivity contribution in [1.82, 2.24) is 9.88 Å². The highest BCUT2D eigenvalue weighted by Crippen LogP contribution is 2.32. The second-order valence-corrected chi connectivity index (χ2v) is 6.62. The van der Waals surface area contributed by atoms with E-state index >= 15 is 0 Å². The molecule has 28 heavy (non-hydrogen) atoms. The van der Waals surface area contributed by atoms with E-state index in [4.69, 9.17) is 24.4 Å². The van der Waals surface area contributed by atoms with Gasteiger partial charge in [0.05, 0.1) is 6.61 Å². The van der Waals surface area contributed by atoms with E-state index in [1.165, 1.54) is 5.57 Å². The van der Waals surface area contributed by atoms with Crippen LogP contribution in [0.5, 0.6) is 5.95 Å². The first-order chi connectivity index (χ1) is 13.3. The number of ether oxygens (including phenoxy) is 1. The van der Waals surface area contributed by atoms with E-state index in [0.717, 1.165) is 43.9 Å². The average molecular weight is 394 g/mol. The van der Waals surface area contributed by atoms with Crippen LogP contribution in [0.25, 0.3) is 5.57 Å². The maximum atomic E-state index is 9.55. The van der Waals surface area contributed by atoms with Gasteiger partial charge in [-0.15, -0.1) is 0 Å².